The van der Waals surface area contributed by atoms with Crippen molar-refractivity contribution in [3.05, 3.63) is 48.2 Å². The SMILES string of the molecule is CC(NC(=O)O)c1ccc(OC2CCN(c3ccc(OC[C@H]4CC4(F)F)cn3)C2)cc1. The summed E-state index contributed by atoms with van der Waals surface area (Å²) in [4.78, 5) is 17.3. The van der Waals surface area contributed by atoms with Crippen LogP contribution < -0.4 is 19.7 Å². The van der Waals surface area contributed by atoms with Crippen LogP contribution in [0.25, 0.3) is 0 Å². The highest BCUT2D eigenvalue weighted by atomic mass is 19.3. The van der Waals surface area contributed by atoms with E-state index in [0.717, 1.165) is 30.1 Å². The highest BCUT2D eigenvalue weighted by Gasteiger charge is 2.57. The second-order valence-electron chi connectivity index (χ2n) is 8.04. The Morgan fingerprint density at radius 3 is 2.61 bits per heavy atom. The number of aromatic nitrogens is 1. The molecule has 1 aliphatic heterocycles. The average Bonchev–Trinajstić information content (AvgIpc) is 3.11. The fourth-order valence-electron chi connectivity index (χ4n) is 3.62. The maximum Gasteiger partial charge on any atom is 0.405 e. The number of anilines is 1. The molecule has 166 valence electrons. The molecule has 1 amide bonds. The first-order chi connectivity index (χ1) is 14.8. The minimum atomic E-state index is -2.58. The predicted molar refractivity (Wildman–Crippen MR) is 110 cm³/mol. The molecule has 2 aromatic rings. The second kappa shape index (κ2) is 8.56. The lowest BCUT2D eigenvalue weighted by Crippen LogP contribution is -2.25. The minimum Gasteiger partial charge on any atom is -0.491 e. The molecular weight excluding hydrogens is 408 g/mol. The Morgan fingerprint density at radius 2 is 2.00 bits per heavy atom. The van der Waals surface area contributed by atoms with Gasteiger partial charge >= 0.3 is 6.09 Å². The molecule has 4 rings (SSSR count). The Hall–Kier alpha value is -3.10. The third kappa shape index (κ3) is 5.34. The van der Waals surface area contributed by atoms with E-state index >= 15 is 0 Å². The summed E-state index contributed by atoms with van der Waals surface area (Å²) < 4.78 is 37.3. The second-order valence-corrected chi connectivity index (χ2v) is 8.04. The number of rotatable bonds is 8. The van der Waals surface area contributed by atoms with Crippen molar-refractivity contribution < 1.29 is 28.2 Å². The third-order valence-corrected chi connectivity index (χ3v) is 5.62. The number of carbonyl (C=O) groups is 1. The minimum absolute atomic E-state index is 0.00948. The van der Waals surface area contributed by atoms with Crippen LogP contribution in [0.2, 0.25) is 0 Å². The lowest BCUT2D eigenvalue weighted by molar-refractivity contribution is 0.0855. The van der Waals surface area contributed by atoms with E-state index in [-0.39, 0.29) is 25.2 Å². The van der Waals surface area contributed by atoms with E-state index in [1.165, 1.54) is 0 Å². The molecule has 1 aliphatic carbocycles. The molecule has 1 saturated carbocycles. The normalized spacial score (nSPS) is 22.6. The molecule has 2 fully saturated rings. The number of benzene rings is 1. The summed E-state index contributed by atoms with van der Waals surface area (Å²) in [5, 5.41) is 11.2. The van der Waals surface area contributed by atoms with E-state index in [1.54, 1.807) is 19.2 Å². The molecule has 0 bridgehead atoms. The maximum absolute atomic E-state index is 12.9. The van der Waals surface area contributed by atoms with Gasteiger partial charge in [-0.25, -0.2) is 18.6 Å². The number of nitrogens with one attached hydrogen (secondary N) is 1. The van der Waals surface area contributed by atoms with Crippen LogP contribution in [0.15, 0.2) is 42.6 Å². The highest BCUT2D eigenvalue weighted by Crippen LogP contribution is 2.48. The molecule has 2 unspecified atom stereocenters. The molecule has 2 N–H and O–H groups in total. The number of alkyl halides is 2. The number of ether oxygens (including phenoxy) is 2. The Morgan fingerprint density at radius 1 is 1.29 bits per heavy atom. The van der Waals surface area contributed by atoms with E-state index in [4.69, 9.17) is 14.6 Å². The topological polar surface area (TPSA) is 83.9 Å². The first-order valence-electron chi connectivity index (χ1n) is 10.3. The summed E-state index contributed by atoms with van der Waals surface area (Å²) in [6, 6.07) is 10.7. The zero-order chi connectivity index (χ0) is 22.0. The van der Waals surface area contributed by atoms with Crippen molar-refractivity contribution in [3.8, 4) is 11.5 Å². The average molecular weight is 433 g/mol. The Balaban J connectivity index is 1.26. The van der Waals surface area contributed by atoms with Gasteiger partial charge in [-0.05, 0) is 36.8 Å². The lowest BCUT2D eigenvalue weighted by atomic mass is 10.1. The van der Waals surface area contributed by atoms with Crippen LogP contribution >= 0.6 is 0 Å². The largest absolute Gasteiger partial charge is 0.491 e. The van der Waals surface area contributed by atoms with Crippen LogP contribution in [-0.2, 0) is 0 Å². The Labute approximate surface area is 179 Å². The van der Waals surface area contributed by atoms with Gasteiger partial charge in [0.25, 0.3) is 5.92 Å². The van der Waals surface area contributed by atoms with E-state index in [2.05, 4.69) is 15.2 Å². The van der Waals surface area contributed by atoms with Crippen LogP contribution in [0.4, 0.5) is 19.4 Å². The van der Waals surface area contributed by atoms with Gasteiger partial charge in [-0.3, -0.25) is 0 Å². The van der Waals surface area contributed by atoms with E-state index in [1.807, 2.05) is 30.3 Å². The zero-order valence-electron chi connectivity index (χ0n) is 17.1. The number of carboxylic acid groups (broad SMARTS) is 1. The Bertz CT molecular complexity index is 908. The van der Waals surface area contributed by atoms with Crippen LogP contribution in [-0.4, -0.2) is 47.9 Å². The summed E-state index contributed by atoms with van der Waals surface area (Å²) >= 11 is 0. The number of pyridine rings is 1. The summed E-state index contributed by atoms with van der Waals surface area (Å²) in [5.41, 5.74) is 0.861. The van der Waals surface area contributed by atoms with Gasteiger partial charge in [-0.1, -0.05) is 12.1 Å². The highest BCUT2D eigenvalue weighted by molar-refractivity contribution is 5.65. The van der Waals surface area contributed by atoms with Crippen LogP contribution in [0.5, 0.6) is 11.5 Å². The molecule has 1 saturated heterocycles. The Kier molecular flexibility index (Phi) is 5.84. The van der Waals surface area contributed by atoms with Crippen LogP contribution in [0.1, 0.15) is 31.4 Å². The van der Waals surface area contributed by atoms with Crippen molar-refractivity contribution in [2.45, 2.75) is 37.8 Å². The van der Waals surface area contributed by atoms with Crippen molar-refractivity contribution in [2.75, 3.05) is 24.6 Å². The first kappa shape index (κ1) is 21.1. The van der Waals surface area contributed by atoms with Crippen molar-refractivity contribution in [1.29, 1.82) is 0 Å². The molecule has 3 atom stereocenters. The first-order valence-corrected chi connectivity index (χ1v) is 10.3. The molecule has 7 nitrogen and oxygen atoms in total. The fraction of sp³-hybridized carbons (Fsp3) is 0.455. The molecule has 0 spiro atoms. The quantitative estimate of drug-likeness (QED) is 0.652. The van der Waals surface area contributed by atoms with Gasteiger partial charge < -0.3 is 24.8 Å². The van der Waals surface area contributed by atoms with Crippen molar-refractivity contribution >= 4 is 11.9 Å². The van der Waals surface area contributed by atoms with Gasteiger partial charge in [0.05, 0.1) is 31.3 Å². The van der Waals surface area contributed by atoms with Gasteiger partial charge in [-0.2, -0.15) is 0 Å². The number of halogens is 2. The zero-order valence-corrected chi connectivity index (χ0v) is 17.1. The lowest BCUT2D eigenvalue weighted by Gasteiger charge is -2.19. The molecule has 0 radical (unpaired) electrons. The van der Waals surface area contributed by atoms with Gasteiger partial charge in [0.15, 0.2) is 0 Å². The molecule has 1 aromatic heterocycles. The van der Waals surface area contributed by atoms with Gasteiger partial charge in [0.2, 0.25) is 0 Å². The van der Waals surface area contributed by atoms with Gasteiger partial charge in [-0.15, -0.1) is 0 Å². The summed E-state index contributed by atoms with van der Waals surface area (Å²) in [6.45, 7) is 3.27. The number of nitrogens with zero attached hydrogens (tertiary/aromatic N) is 2. The smallest absolute Gasteiger partial charge is 0.405 e. The standard InChI is InChI=1S/C22H25F2N3O4/c1-14(26-21(28)29)15-2-4-17(5-3-15)31-19-8-9-27(12-19)20-7-6-18(11-25-20)30-13-16-10-22(16,23)24/h2-7,11,14,16,19,26H,8-10,12-13H2,1H3,(H,28,29)/t14?,16-,19?/m1/s1. The van der Waals surface area contributed by atoms with E-state index in [9.17, 15) is 13.6 Å². The number of hydrogen-bond acceptors (Lipinski definition) is 5. The third-order valence-electron chi connectivity index (χ3n) is 5.62. The van der Waals surface area contributed by atoms with E-state index < -0.39 is 17.9 Å². The molecule has 2 heterocycles. The molecule has 31 heavy (non-hydrogen) atoms. The maximum atomic E-state index is 12.9. The van der Waals surface area contributed by atoms with Gasteiger partial charge in [0, 0.05) is 19.4 Å². The summed E-state index contributed by atoms with van der Waals surface area (Å²) in [6.07, 6.45) is 1.26. The van der Waals surface area contributed by atoms with Crippen LogP contribution in [0, 0.1) is 5.92 Å². The van der Waals surface area contributed by atoms with Crippen molar-refractivity contribution in [3.63, 3.8) is 0 Å². The number of amides is 1. The molecule has 2 aliphatic rings. The monoisotopic (exact) mass is 433 g/mol. The predicted octanol–water partition coefficient (Wildman–Crippen LogP) is 4.10. The molecule has 1 aromatic carbocycles. The summed E-state index contributed by atoms with van der Waals surface area (Å²) in [5.74, 6) is -1.25. The van der Waals surface area contributed by atoms with E-state index in [0.29, 0.717) is 12.3 Å². The molecule has 9 heteroatoms. The van der Waals surface area contributed by atoms with Crippen molar-refractivity contribution in [2.24, 2.45) is 5.92 Å². The van der Waals surface area contributed by atoms with Crippen molar-refractivity contribution in [1.82, 2.24) is 10.3 Å². The fourth-order valence-corrected chi connectivity index (χ4v) is 3.62. The van der Waals surface area contributed by atoms with Crippen LogP contribution in [0.3, 0.4) is 0 Å². The number of hydrogen-bond donors (Lipinski definition) is 2. The summed E-state index contributed by atoms with van der Waals surface area (Å²) in [7, 11) is 0. The molecular formula is C22H25F2N3O4. The van der Waals surface area contributed by atoms with Gasteiger partial charge in [0.1, 0.15) is 23.4 Å².